The molecule has 1 saturated carbocycles. The summed E-state index contributed by atoms with van der Waals surface area (Å²) >= 11 is 0. The van der Waals surface area contributed by atoms with Gasteiger partial charge in [0.25, 0.3) is 0 Å². The van der Waals surface area contributed by atoms with Crippen LogP contribution < -0.4 is 0 Å². The zero-order valence-electron chi connectivity index (χ0n) is 12.9. The van der Waals surface area contributed by atoms with E-state index in [9.17, 15) is 5.11 Å². The third kappa shape index (κ3) is 3.76. The molecule has 0 atom stereocenters. The van der Waals surface area contributed by atoms with Crippen LogP contribution in [-0.4, -0.2) is 34.2 Å². The van der Waals surface area contributed by atoms with E-state index >= 15 is 0 Å². The maximum Gasteiger partial charge on any atom is 0.209 e. The first-order valence-electron chi connectivity index (χ1n) is 8.22. The first-order valence-corrected chi connectivity index (χ1v) is 8.22. The Hall–Kier alpha value is -1.65. The van der Waals surface area contributed by atoms with E-state index in [-0.39, 0.29) is 6.61 Å². The molecular weight excluding hydrogens is 276 g/mol. The van der Waals surface area contributed by atoms with Crippen LogP contribution in [0.2, 0.25) is 0 Å². The number of aliphatic hydroxyl groups is 1. The molecule has 118 valence electrons. The van der Waals surface area contributed by atoms with Crippen molar-refractivity contribution in [3.05, 3.63) is 42.4 Å². The highest BCUT2D eigenvalue weighted by Crippen LogP contribution is 2.25. The Balaban J connectivity index is 1.69. The van der Waals surface area contributed by atoms with E-state index in [1.807, 2.05) is 30.3 Å². The summed E-state index contributed by atoms with van der Waals surface area (Å²) in [6.45, 7) is 1.55. The summed E-state index contributed by atoms with van der Waals surface area (Å²) in [6.07, 6.45) is 8.13. The SMILES string of the molecule is OCCN(Cc1ncc(-c2ccccc2)o1)C1CCCCC1. The second kappa shape index (κ2) is 7.56. The first kappa shape index (κ1) is 15.3. The smallest absolute Gasteiger partial charge is 0.209 e. The third-order valence-corrected chi connectivity index (χ3v) is 4.43. The van der Waals surface area contributed by atoms with Gasteiger partial charge in [0.2, 0.25) is 5.89 Å². The summed E-state index contributed by atoms with van der Waals surface area (Å²) in [7, 11) is 0. The maximum atomic E-state index is 9.34. The van der Waals surface area contributed by atoms with Gasteiger partial charge < -0.3 is 9.52 Å². The fourth-order valence-corrected chi connectivity index (χ4v) is 3.26. The van der Waals surface area contributed by atoms with Gasteiger partial charge in [-0.15, -0.1) is 0 Å². The van der Waals surface area contributed by atoms with Crippen LogP contribution >= 0.6 is 0 Å². The van der Waals surface area contributed by atoms with Crippen LogP contribution in [0.25, 0.3) is 11.3 Å². The first-order chi connectivity index (χ1) is 10.9. The van der Waals surface area contributed by atoms with Crippen molar-refractivity contribution in [1.82, 2.24) is 9.88 Å². The normalized spacial score (nSPS) is 16.3. The van der Waals surface area contributed by atoms with Gasteiger partial charge in [-0.2, -0.15) is 0 Å². The molecule has 1 aliphatic rings. The molecule has 0 aliphatic heterocycles. The standard InChI is InChI=1S/C18H24N2O2/c21-12-11-20(16-9-5-2-6-10-16)14-18-19-13-17(22-18)15-7-3-1-4-8-15/h1,3-4,7-8,13,16,21H,2,5-6,9-12,14H2. The lowest BCUT2D eigenvalue weighted by atomic mass is 9.94. The monoisotopic (exact) mass is 300 g/mol. The fourth-order valence-electron chi connectivity index (χ4n) is 3.26. The quantitative estimate of drug-likeness (QED) is 0.887. The second-order valence-electron chi connectivity index (χ2n) is 5.97. The number of hydrogen-bond donors (Lipinski definition) is 1. The summed E-state index contributed by atoms with van der Waals surface area (Å²) in [5.74, 6) is 1.54. The topological polar surface area (TPSA) is 49.5 Å². The molecular formula is C18H24N2O2. The molecule has 0 saturated heterocycles. The van der Waals surface area contributed by atoms with E-state index in [4.69, 9.17) is 4.42 Å². The van der Waals surface area contributed by atoms with Crippen LogP contribution in [0.15, 0.2) is 40.9 Å². The average molecular weight is 300 g/mol. The summed E-state index contributed by atoms with van der Waals surface area (Å²) in [4.78, 5) is 6.74. The second-order valence-corrected chi connectivity index (χ2v) is 5.97. The number of nitrogens with zero attached hydrogens (tertiary/aromatic N) is 2. The molecule has 4 heteroatoms. The number of rotatable bonds is 6. The van der Waals surface area contributed by atoms with E-state index in [2.05, 4.69) is 9.88 Å². The minimum atomic E-state index is 0.183. The van der Waals surface area contributed by atoms with Gasteiger partial charge in [-0.25, -0.2) is 4.98 Å². The Kier molecular flexibility index (Phi) is 5.24. The molecule has 0 radical (unpaired) electrons. The molecule has 1 heterocycles. The van der Waals surface area contributed by atoms with Crippen LogP contribution in [0.1, 0.15) is 38.0 Å². The van der Waals surface area contributed by atoms with Crippen LogP contribution in [0.4, 0.5) is 0 Å². The number of benzene rings is 1. The molecule has 1 aliphatic carbocycles. The largest absolute Gasteiger partial charge is 0.439 e. The molecule has 1 aromatic carbocycles. The Labute approximate surface area is 131 Å². The maximum absolute atomic E-state index is 9.34. The van der Waals surface area contributed by atoms with Crippen molar-refractivity contribution in [2.45, 2.75) is 44.7 Å². The van der Waals surface area contributed by atoms with Gasteiger partial charge in [-0.1, -0.05) is 49.6 Å². The van der Waals surface area contributed by atoms with E-state index < -0.39 is 0 Å². The number of aliphatic hydroxyl groups excluding tert-OH is 1. The van der Waals surface area contributed by atoms with E-state index in [0.29, 0.717) is 19.1 Å². The summed E-state index contributed by atoms with van der Waals surface area (Å²) in [6, 6.07) is 10.6. The number of oxazole rings is 1. The Morgan fingerprint density at radius 1 is 1.14 bits per heavy atom. The van der Waals surface area contributed by atoms with Gasteiger partial charge in [0.15, 0.2) is 5.76 Å². The highest BCUT2D eigenvalue weighted by molar-refractivity contribution is 5.55. The zero-order chi connectivity index (χ0) is 15.2. The molecule has 0 unspecified atom stereocenters. The Morgan fingerprint density at radius 3 is 2.64 bits per heavy atom. The fraction of sp³-hybridized carbons (Fsp3) is 0.500. The number of hydrogen-bond acceptors (Lipinski definition) is 4. The highest BCUT2D eigenvalue weighted by atomic mass is 16.4. The minimum absolute atomic E-state index is 0.183. The van der Waals surface area contributed by atoms with E-state index in [1.165, 1.54) is 32.1 Å². The molecule has 0 amide bonds. The predicted octanol–water partition coefficient (Wildman–Crippen LogP) is 3.47. The molecule has 4 nitrogen and oxygen atoms in total. The van der Waals surface area contributed by atoms with Crippen LogP contribution in [0.3, 0.4) is 0 Å². The Bertz CT molecular complexity index is 561. The van der Waals surface area contributed by atoms with Gasteiger partial charge in [0.05, 0.1) is 19.3 Å². The lowest BCUT2D eigenvalue weighted by Gasteiger charge is -2.32. The lowest BCUT2D eigenvalue weighted by molar-refractivity contribution is 0.108. The van der Waals surface area contributed by atoms with Crippen molar-refractivity contribution in [1.29, 1.82) is 0 Å². The third-order valence-electron chi connectivity index (χ3n) is 4.43. The molecule has 1 aromatic heterocycles. The molecule has 2 aromatic rings. The molecule has 22 heavy (non-hydrogen) atoms. The summed E-state index contributed by atoms with van der Waals surface area (Å²) < 4.78 is 5.90. The number of aromatic nitrogens is 1. The van der Waals surface area contributed by atoms with Crippen molar-refractivity contribution in [2.75, 3.05) is 13.2 Å². The summed E-state index contributed by atoms with van der Waals surface area (Å²) in [5.41, 5.74) is 1.05. The molecule has 3 rings (SSSR count). The molecule has 1 N–H and O–H groups in total. The van der Waals surface area contributed by atoms with Crippen LogP contribution in [0.5, 0.6) is 0 Å². The van der Waals surface area contributed by atoms with Crippen molar-refractivity contribution < 1.29 is 9.52 Å². The molecule has 0 spiro atoms. The summed E-state index contributed by atoms with van der Waals surface area (Å²) in [5, 5.41) is 9.34. The van der Waals surface area contributed by atoms with Gasteiger partial charge in [-0.3, -0.25) is 4.90 Å². The van der Waals surface area contributed by atoms with Crippen LogP contribution in [0, 0.1) is 0 Å². The Morgan fingerprint density at radius 2 is 1.91 bits per heavy atom. The lowest BCUT2D eigenvalue weighted by Crippen LogP contribution is -2.38. The van der Waals surface area contributed by atoms with Crippen molar-refractivity contribution in [3.8, 4) is 11.3 Å². The van der Waals surface area contributed by atoms with E-state index in [0.717, 1.165) is 17.2 Å². The van der Waals surface area contributed by atoms with Crippen molar-refractivity contribution in [3.63, 3.8) is 0 Å². The van der Waals surface area contributed by atoms with Crippen LogP contribution in [-0.2, 0) is 6.54 Å². The molecule has 1 fully saturated rings. The highest BCUT2D eigenvalue weighted by Gasteiger charge is 2.22. The van der Waals surface area contributed by atoms with Gasteiger partial charge >= 0.3 is 0 Å². The van der Waals surface area contributed by atoms with Gasteiger partial charge in [0.1, 0.15) is 0 Å². The zero-order valence-corrected chi connectivity index (χ0v) is 12.9. The minimum Gasteiger partial charge on any atom is -0.439 e. The van der Waals surface area contributed by atoms with Gasteiger partial charge in [0, 0.05) is 18.2 Å². The van der Waals surface area contributed by atoms with E-state index in [1.54, 1.807) is 6.20 Å². The van der Waals surface area contributed by atoms with Crippen molar-refractivity contribution in [2.24, 2.45) is 0 Å². The predicted molar refractivity (Wildman–Crippen MR) is 86.3 cm³/mol. The van der Waals surface area contributed by atoms with Crippen molar-refractivity contribution >= 4 is 0 Å². The molecule has 0 bridgehead atoms. The van der Waals surface area contributed by atoms with Gasteiger partial charge in [-0.05, 0) is 12.8 Å². The average Bonchev–Trinajstić information content (AvgIpc) is 3.05.